The van der Waals surface area contributed by atoms with Crippen molar-refractivity contribution >= 4 is 17.5 Å². The van der Waals surface area contributed by atoms with Crippen LogP contribution in [0.3, 0.4) is 0 Å². The highest BCUT2D eigenvalue weighted by molar-refractivity contribution is 5.87. The lowest BCUT2D eigenvalue weighted by Gasteiger charge is -2.28. The second-order valence-corrected chi connectivity index (χ2v) is 6.98. The van der Waals surface area contributed by atoms with E-state index in [1.165, 1.54) is 6.92 Å². The van der Waals surface area contributed by atoms with Crippen molar-refractivity contribution in [3.63, 3.8) is 0 Å². The van der Waals surface area contributed by atoms with Crippen LogP contribution in [-0.4, -0.2) is 43.9 Å². The van der Waals surface area contributed by atoms with Crippen LogP contribution in [0.15, 0.2) is 24.3 Å². The third-order valence-electron chi connectivity index (χ3n) is 4.74. The fraction of sp³-hybridized carbons (Fsp3) is 0.579. The number of nitrogens with zero attached hydrogens (tertiary/aromatic N) is 2. The molecule has 24 heavy (non-hydrogen) atoms. The molecule has 1 aromatic rings. The molecule has 0 spiro atoms. The van der Waals surface area contributed by atoms with E-state index >= 15 is 0 Å². The lowest BCUT2D eigenvalue weighted by Crippen LogP contribution is -2.50. The first-order valence-corrected chi connectivity index (χ1v) is 8.67. The number of amides is 2. The maximum absolute atomic E-state index is 12.8. The van der Waals surface area contributed by atoms with Crippen LogP contribution in [-0.2, 0) is 16.1 Å². The zero-order valence-corrected chi connectivity index (χ0v) is 15.2. The summed E-state index contributed by atoms with van der Waals surface area (Å²) < 4.78 is 0. The van der Waals surface area contributed by atoms with Gasteiger partial charge in [0, 0.05) is 40.3 Å². The molecule has 1 aliphatic rings. The van der Waals surface area contributed by atoms with Crippen LogP contribution < -0.4 is 10.2 Å². The Morgan fingerprint density at radius 2 is 1.71 bits per heavy atom. The van der Waals surface area contributed by atoms with Crippen molar-refractivity contribution in [2.45, 2.75) is 45.2 Å². The van der Waals surface area contributed by atoms with Crippen LogP contribution in [0.4, 0.5) is 5.69 Å². The second kappa shape index (κ2) is 8.18. The molecule has 1 fully saturated rings. The molecule has 1 aliphatic carbocycles. The highest BCUT2D eigenvalue weighted by Crippen LogP contribution is 2.28. The highest BCUT2D eigenvalue weighted by atomic mass is 16.2. The molecule has 0 aromatic heterocycles. The van der Waals surface area contributed by atoms with Gasteiger partial charge in [-0.05, 0) is 36.5 Å². The van der Waals surface area contributed by atoms with Gasteiger partial charge in [0.25, 0.3) is 0 Å². The van der Waals surface area contributed by atoms with E-state index in [0.717, 1.165) is 36.9 Å². The Morgan fingerprint density at radius 1 is 1.12 bits per heavy atom. The molecule has 0 saturated heterocycles. The van der Waals surface area contributed by atoms with E-state index in [-0.39, 0.29) is 17.7 Å². The van der Waals surface area contributed by atoms with Crippen LogP contribution in [0.25, 0.3) is 0 Å². The summed E-state index contributed by atoms with van der Waals surface area (Å²) in [5.74, 6) is 0.137. The summed E-state index contributed by atoms with van der Waals surface area (Å²) in [7, 11) is 5.82. The van der Waals surface area contributed by atoms with Gasteiger partial charge in [0.1, 0.15) is 6.04 Å². The first-order valence-electron chi connectivity index (χ1n) is 8.67. The topological polar surface area (TPSA) is 52.7 Å². The number of benzene rings is 1. The molecular weight excluding hydrogens is 302 g/mol. The van der Waals surface area contributed by atoms with Gasteiger partial charge in [-0.1, -0.05) is 25.0 Å². The summed E-state index contributed by atoms with van der Waals surface area (Å²) in [4.78, 5) is 28.1. The number of carbonyl (C=O) groups is 2. The van der Waals surface area contributed by atoms with Crippen molar-refractivity contribution in [1.29, 1.82) is 0 Å². The molecule has 2 amide bonds. The molecule has 0 radical (unpaired) electrons. The summed E-state index contributed by atoms with van der Waals surface area (Å²) >= 11 is 0. The van der Waals surface area contributed by atoms with Crippen LogP contribution in [0.5, 0.6) is 0 Å². The molecule has 1 unspecified atom stereocenters. The molecule has 1 atom stereocenters. The normalized spacial score (nSPS) is 15.8. The molecular formula is C19H29N3O2. The van der Waals surface area contributed by atoms with Crippen LogP contribution in [0.1, 0.15) is 38.2 Å². The van der Waals surface area contributed by atoms with Crippen molar-refractivity contribution < 1.29 is 9.59 Å². The van der Waals surface area contributed by atoms with Crippen LogP contribution in [0, 0.1) is 5.92 Å². The standard InChI is InChI=1S/C19H29N3O2/c1-14(23)20-18(16-7-5-6-8-16)19(24)22(4)13-15-9-11-17(12-10-15)21(2)3/h9-12,16,18H,5-8,13H2,1-4H3,(H,20,23). The maximum Gasteiger partial charge on any atom is 0.245 e. The van der Waals surface area contributed by atoms with Crippen molar-refractivity contribution in [2.24, 2.45) is 5.92 Å². The summed E-state index contributed by atoms with van der Waals surface area (Å²) in [6.07, 6.45) is 4.32. The molecule has 1 saturated carbocycles. The number of nitrogens with one attached hydrogen (secondary N) is 1. The van der Waals surface area contributed by atoms with E-state index in [2.05, 4.69) is 17.4 Å². The Bertz CT molecular complexity index is 562. The minimum atomic E-state index is -0.393. The summed E-state index contributed by atoms with van der Waals surface area (Å²) in [6, 6.07) is 7.80. The van der Waals surface area contributed by atoms with Gasteiger partial charge in [0.15, 0.2) is 0 Å². The highest BCUT2D eigenvalue weighted by Gasteiger charge is 2.33. The monoisotopic (exact) mass is 331 g/mol. The average Bonchev–Trinajstić information content (AvgIpc) is 3.06. The van der Waals surface area contributed by atoms with Crippen molar-refractivity contribution in [1.82, 2.24) is 10.2 Å². The van der Waals surface area contributed by atoms with Gasteiger partial charge in [-0.25, -0.2) is 0 Å². The van der Waals surface area contributed by atoms with E-state index < -0.39 is 6.04 Å². The van der Waals surface area contributed by atoms with Crippen molar-refractivity contribution in [2.75, 3.05) is 26.0 Å². The molecule has 5 heteroatoms. The van der Waals surface area contributed by atoms with Gasteiger partial charge in [0.2, 0.25) is 11.8 Å². The Kier molecular flexibility index (Phi) is 6.23. The summed E-state index contributed by atoms with van der Waals surface area (Å²) in [6.45, 7) is 2.03. The molecule has 1 aromatic carbocycles. The van der Waals surface area contributed by atoms with E-state index in [1.807, 2.05) is 38.2 Å². The SMILES string of the molecule is CC(=O)NC(C(=O)N(C)Cc1ccc(N(C)C)cc1)C1CCCC1. The lowest BCUT2D eigenvalue weighted by molar-refractivity contribution is -0.137. The third kappa shape index (κ3) is 4.73. The quantitative estimate of drug-likeness (QED) is 0.871. The number of likely N-dealkylation sites (N-methyl/N-ethyl adjacent to an activating group) is 1. The van der Waals surface area contributed by atoms with Crippen molar-refractivity contribution in [3.8, 4) is 0 Å². The molecule has 1 N–H and O–H groups in total. The second-order valence-electron chi connectivity index (χ2n) is 6.98. The number of rotatable bonds is 6. The predicted molar refractivity (Wildman–Crippen MR) is 96.8 cm³/mol. The lowest BCUT2D eigenvalue weighted by atomic mass is 9.96. The molecule has 132 valence electrons. The van der Waals surface area contributed by atoms with Gasteiger partial charge in [-0.3, -0.25) is 9.59 Å². The van der Waals surface area contributed by atoms with Gasteiger partial charge in [-0.15, -0.1) is 0 Å². The summed E-state index contributed by atoms with van der Waals surface area (Å²) in [5.41, 5.74) is 2.22. The van der Waals surface area contributed by atoms with E-state index in [9.17, 15) is 9.59 Å². The predicted octanol–water partition coefficient (Wildman–Crippen LogP) is 2.41. The molecule has 2 rings (SSSR count). The van der Waals surface area contributed by atoms with Crippen LogP contribution >= 0.6 is 0 Å². The zero-order valence-electron chi connectivity index (χ0n) is 15.2. The fourth-order valence-electron chi connectivity index (χ4n) is 3.38. The van der Waals surface area contributed by atoms with Crippen molar-refractivity contribution in [3.05, 3.63) is 29.8 Å². The number of hydrogen-bond acceptors (Lipinski definition) is 3. The largest absolute Gasteiger partial charge is 0.378 e. The van der Waals surface area contributed by atoms with E-state index in [4.69, 9.17) is 0 Å². The van der Waals surface area contributed by atoms with E-state index in [1.54, 1.807) is 4.90 Å². The van der Waals surface area contributed by atoms with Gasteiger partial charge >= 0.3 is 0 Å². The number of carbonyl (C=O) groups excluding carboxylic acids is 2. The Balaban J connectivity index is 2.03. The minimum Gasteiger partial charge on any atom is -0.378 e. The van der Waals surface area contributed by atoms with Crippen LogP contribution in [0.2, 0.25) is 0 Å². The zero-order chi connectivity index (χ0) is 17.7. The third-order valence-corrected chi connectivity index (χ3v) is 4.74. The molecule has 5 nitrogen and oxygen atoms in total. The first kappa shape index (κ1) is 18.3. The first-order chi connectivity index (χ1) is 11.4. The Labute approximate surface area is 145 Å². The van der Waals surface area contributed by atoms with Gasteiger partial charge < -0.3 is 15.1 Å². The molecule has 0 heterocycles. The van der Waals surface area contributed by atoms with E-state index in [0.29, 0.717) is 6.54 Å². The average molecular weight is 331 g/mol. The maximum atomic E-state index is 12.8. The number of anilines is 1. The minimum absolute atomic E-state index is 0.00814. The molecule has 0 bridgehead atoms. The van der Waals surface area contributed by atoms with Gasteiger partial charge in [-0.2, -0.15) is 0 Å². The molecule has 0 aliphatic heterocycles. The van der Waals surface area contributed by atoms with Gasteiger partial charge in [0.05, 0.1) is 0 Å². The Hall–Kier alpha value is -2.04. The fourth-order valence-corrected chi connectivity index (χ4v) is 3.38. The summed E-state index contributed by atoms with van der Waals surface area (Å²) in [5, 5.41) is 2.88. The number of hydrogen-bond donors (Lipinski definition) is 1. The Morgan fingerprint density at radius 3 is 2.21 bits per heavy atom. The smallest absolute Gasteiger partial charge is 0.245 e.